The molecule has 0 unspecified atom stereocenters. The van der Waals surface area contributed by atoms with Gasteiger partial charge in [0, 0.05) is 13.1 Å². The molecular formula is C17H20BrN3O6S. The van der Waals surface area contributed by atoms with Crippen LogP contribution in [0.3, 0.4) is 0 Å². The standard InChI is InChI=1S/C17H20BrN3O6S/c1-3-21(4-2)28(25,26)11-5-6-13(22)12(9-11)20-16(23)10-19-17(24)14-7-8-15(18)27-14/h5-9,22H,3-4,10H2,1-2H3,(H,19,24)(H,20,23). The van der Waals surface area contributed by atoms with Crippen molar-refractivity contribution in [3.8, 4) is 5.75 Å². The zero-order valence-corrected chi connectivity index (χ0v) is 17.6. The molecule has 0 bridgehead atoms. The number of nitrogens with one attached hydrogen (secondary N) is 2. The Bertz CT molecular complexity index is 969. The number of phenolic OH excluding ortho intramolecular Hbond substituents is 1. The molecule has 0 fully saturated rings. The third kappa shape index (κ3) is 5.12. The first-order valence-corrected chi connectivity index (χ1v) is 10.6. The fourth-order valence-corrected chi connectivity index (χ4v) is 4.16. The van der Waals surface area contributed by atoms with Crippen LogP contribution >= 0.6 is 15.9 Å². The summed E-state index contributed by atoms with van der Waals surface area (Å²) in [5.41, 5.74) is -0.0757. The quantitative estimate of drug-likeness (QED) is 0.503. The zero-order chi connectivity index (χ0) is 20.9. The number of amides is 2. The molecule has 3 N–H and O–H groups in total. The minimum absolute atomic E-state index is 0.0230. The summed E-state index contributed by atoms with van der Waals surface area (Å²) in [7, 11) is -3.75. The van der Waals surface area contributed by atoms with E-state index in [-0.39, 0.29) is 35.2 Å². The minimum Gasteiger partial charge on any atom is -0.506 e. The summed E-state index contributed by atoms with van der Waals surface area (Å²) in [5.74, 6) is -1.52. The Morgan fingerprint density at radius 3 is 2.43 bits per heavy atom. The monoisotopic (exact) mass is 473 g/mol. The maximum Gasteiger partial charge on any atom is 0.287 e. The number of hydrogen-bond donors (Lipinski definition) is 3. The molecule has 0 saturated carbocycles. The van der Waals surface area contributed by atoms with Crippen molar-refractivity contribution in [2.75, 3.05) is 25.0 Å². The molecule has 2 rings (SSSR count). The number of anilines is 1. The van der Waals surface area contributed by atoms with Gasteiger partial charge in [-0.2, -0.15) is 4.31 Å². The Morgan fingerprint density at radius 1 is 1.18 bits per heavy atom. The van der Waals surface area contributed by atoms with Gasteiger partial charge in [0.25, 0.3) is 5.91 Å². The fraction of sp³-hybridized carbons (Fsp3) is 0.294. The Balaban J connectivity index is 2.09. The molecule has 28 heavy (non-hydrogen) atoms. The van der Waals surface area contributed by atoms with Crippen LogP contribution in [0.5, 0.6) is 5.75 Å². The van der Waals surface area contributed by atoms with E-state index in [4.69, 9.17) is 4.42 Å². The largest absolute Gasteiger partial charge is 0.506 e. The van der Waals surface area contributed by atoms with E-state index < -0.39 is 28.4 Å². The fourth-order valence-electron chi connectivity index (χ4n) is 2.37. The first-order chi connectivity index (χ1) is 13.2. The number of nitrogens with zero attached hydrogens (tertiary/aromatic N) is 1. The summed E-state index contributed by atoms with van der Waals surface area (Å²) >= 11 is 3.07. The molecule has 1 aromatic heterocycles. The average molecular weight is 474 g/mol. The third-order valence-corrected chi connectivity index (χ3v) is 6.26. The number of hydrogen-bond acceptors (Lipinski definition) is 6. The van der Waals surface area contributed by atoms with Crippen LogP contribution in [0.2, 0.25) is 0 Å². The summed E-state index contributed by atoms with van der Waals surface area (Å²) in [4.78, 5) is 23.9. The number of phenols is 1. The van der Waals surface area contributed by atoms with Crippen molar-refractivity contribution in [3.63, 3.8) is 0 Å². The van der Waals surface area contributed by atoms with E-state index in [2.05, 4.69) is 26.6 Å². The summed E-state index contributed by atoms with van der Waals surface area (Å²) in [6.07, 6.45) is 0. The Kier molecular flexibility index (Phi) is 7.22. The van der Waals surface area contributed by atoms with Gasteiger partial charge in [0.05, 0.1) is 17.1 Å². The summed E-state index contributed by atoms with van der Waals surface area (Å²) < 4.78 is 31.9. The number of rotatable bonds is 8. The number of benzene rings is 1. The second-order valence-electron chi connectivity index (χ2n) is 5.60. The minimum atomic E-state index is -3.75. The maximum atomic E-state index is 12.6. The highest BCUT2D eigenvalue weighted by atomic mass is 79.9. The van der Waals surface area contributed by atoms with Crippen LogP contribution in [0, 0.1) is 0 Å². The Labute approximate surface area is 170 Å². The number of carbonyl (C=O) groups is 2. The molecule has 0 saturated heterocycles. The van der Waals surface area contributed by atoms with Crippen molar-refractivity contribution < 1.29 is 27.5 Å². The van der Waals surface area contributed by atoms with E-state index in [0.29, 0.717) is 4.67 Å². The van der Waals surface area contributed by atoms with Gasteiger partial charge >= 0.3 is 0 Å². The van der Waals surface area contributed by atoms with Gasteiger partial charge < -0.3 is 20.2 Å². The second-order valence-corrected chi connectivity index (χ2v) is 8.32. The lowest BCUT2D eigenvalue weighted by Gasteiger charge is -2.19. The molecule has 11 heteroatoms. The predicted octanol–water partition coefficient (Wildman–Crippen LogP) is 2.15. The molecule has 2 aromatic rings. The molecule has 1 heterocycles. The summed E-state index contributed by atoms with van der Waals surface area (Å²) in [6, 6.07) is 6.59. The maximum absolute atomic E-state index is 12.6. The third-order valence-electron chi connectivity index (χ3n) is 3.79. The second kappa shape index (κ2) is 9.22. The Morgan fingerprint density at radius 2 is 1.86 bits per heavy atom. The van der Waals surface area contributed by atoms with Crippen molar-refractivity contribution in [1.29, 1.82) is 0 Å². The molecule has 1 aromatic carbocycles. The number of carbonyl (C=O) groups excluding carboxylic acids is 2. The lowest BCUT2D eigenvalue weighted by molar-refractivity contribution is -0.115. The van der Waals surface area contributed by atoms with Crippen LogP contribution in [-0.4, -0.2) is 49.3 Å². The molecule has 0 aliphatic heterocycles. The van der Waals surface area contributed by atoms with E-state index in [1.165, 1.54) is 34.6 Å². The van der Waals surface area contributed by atoms with Gasteiger partial charge in [0.2, 0.25) is 15.9 Å². The molecule has 0 radical (unpaired) electrons. The highest BCUT2D eigenvalue weighted by Crippen LogP contribution is 2.28. The van der Waals surface area contributed by atoms with Crippen molar-refractivity contribution in [2.45, 2.75) is 18.7 Å². The van der Waals surface area contributed by atoms with Gasteiger partial charge in [-0.25, -0.2) is 8.42 Å². The van der Waals surface area contributed by atoms with E-state index in [1.54, 1.807) is 13.8 Å². The summed E-state index contributed by atoms with van der Waals surface area (Å²) in [6.45, 7) is 3.60. The van der Waals surface area contributed by atoms with Gasteiger partial charge in [-0.1, -0.05) is 13.8 Å². The van der Waals surface area contributed by atoms with Gasteiger partial charge in [0.1, 0.15) is 5.75 Å². The first-order valence-electron chi connectivity index (χ1n) is 8.35. The van der Waals surface area contributed by atoms with Crippen molar-refractivity contribution in [2.24, 2.45) is 0 Å². The lowest BCUT2D eigenvalue weighted by atomic mass is 10.3. The average Bonchev–Trinajstić information content (AvgIpc) is 3.08. The number of halogens is 1. The van der Waals surface area contributed by atoms with Crippen molar-refractivity contribution in [1.82, 2.24) is 9.62 Å². The number of aromatic hydroxyl groups is 1. The van der Waals surface area contributed by atoms with E-state index in [0.717, 1.165) is 0 Å². The molecule has 9 nitrogen and oxygen atoms in total. The van der Waals surface area contributed by atoms with Crippen LogP contribution in [0.15, 0.2) is 44.3 Å². The van der Waals surface area contributed by atoms with Gasteiger partial charge in [0.15, 0.2) is 10.4 Å². The molecule has 0 aliphatic rings. The molecule has 0 atom stereocenters. The van der Waals surface area contributed by atoms with Gasteiger partial charge in [-0.3, -0.25) is 9.59 Å². The molecule has 0 aliphatic carbocycles. The predicted molar refractivity (Wildman–Crippen MR) is 106 cm³/mol. The number of furan rings is 1. The SMILES string of the molecule is CCN(CC)S(=O)(=O)c1ccc(O)c(NC(=O)CNC(=O)c2ccc(Br)o2)c1. The van der Waals surface area contributed by atoms with E-state index in [1.807, 2.05) is 0 Å². The lowest BCUT2D eigenvalue weighted by Crippen LogP contribution is -2.33. The number of sulfonamides is 1. The smallest absolute Gasteiger partial charge is 0.287 e. The van der Waals surface area contributed by atoms with Crippen LogP contribution < -0.4 is 10.6 Å². The summed E-state index contributed by atoms with van der Waals surface area (Å²) in [5, 5.41) is 14.7. The highest BCUT2D eigenvalue weighted by Gasteiger charge is 2.23. The van der Waals surface area contributed by atoms with E-state index in [9.17, 15) is 23.1 Å². The highest BCUT2D eigenvalue weighted by molar-refractivity contribution is 9.10. The van der Waals surface area contributed by atoms with E-state index >= 15 is 0 Å². The van der Waals surface area contributed by atoms with Crippen molar-refractivity contribution >= 4 is 43.5 Å². The first kappa shape index (κ1) is 21.9. The zero-order valence-electron chi connectivity index (χ0n) is 15.2. The molecule has 2 amide bonds. The Hall–Kier alpha value is -2.37. The van der Waals surface area contributed by atoms with Crippen LogP contribution in [-0.2, 0) is 14.8 Å². The van der Waals surface area contributed by atoms with Crippen LogP contribution in [0.4, 0.5) is 5.69 Å². The topological polar surface area (TPSA) is 129 Å². The normalized spacial score (nSPS) is 11.4. The molecule has 0 spiro atoms. The van der Waals surface area contributed by atoms with Crippen LogP contribution in [0.25, 0.3) is 0 Å². The van der Waals surface area contributed by atoms with Gasteiger partial charge in [-0.05, 0) is 46.3 Å². The molecule has 152 valence electrons. The van der Waals surface area contributed by atoms with Gasteiger partial charge in [-0.15, -0.1) is 0 Å². The van der Waals surface area contributed by atoms with Crippen LogP contribution in [0.1, 0.15) is 24.4 Å². The van der Waals surface area contributed by atoms with Crippen molar-refractivity contribution in [3.05, 3.63) is 40.8 Å². The molecular weight excluding hydrogens is 454 g/mol.